The number of rotatable bonds is 6. The van der Waals surface area contributed by atoms with Crippen molar-refractivity contribution >= 4 is 5.96 Å². The molecule has 2 aromatic carbocycles. The summed E-state index contributed by atoms with van der Waals surface area (Å²) in [4.78, 5) is 4.01. The molecule has 0 radical (unpaired) electrons. The van der Waals surface area contributed by atoms with Crippen LogP contribution >= 0.6 is 0 Å². The van der Waals surface area contributed by atoms with Gasteiger partial charge < -0.3 is 15.4 Å². The van der Waals surface area contributed by atoms with E-state index in [-0.39, 0.29) is 24.4 Å². The molecule has 0 amide bonds. The largest absolute Gasteiger partial charge is 0.484 e. The molecule has 0 unspecified atom stereocenters. The number of hydrogen-bond donors (Lipinski definition) is 2. The fourth-order valence-electron chi connectivity index (χ4n) is 2.44. The number of guanidine groups is 1. The van der Waals surface area contributed by atoms with Gasteiger partial charge in [-0.3, -0.25) is 4.99 Å². The van der Waals surface area contributed by atoms with Gasteiger partial charge in [0.2, 0.25) is 0 Å². The summed E-state index contributed by atoms with van der Waals surface area (Å²) < 4.78 is 56.3. The second-order valence-corrected chi connectivity index (χ2v) is 6.21. The van der Waals surface area contributed by atoms with Crippen LogP contribution in [0.5, 0.6) is 5.75 Å². The number of aliphatic imine (C=N–C) groups is 1. The third kappa shape index (κ3) is 6.99. The molecule has 0 saturated heterocycles. The van der Waals surface area contributed by atoms with Crippen LogP contribution in [0.3, 0.4) is 0 Å². The number of ether oxygens (including phenoxy) is 1. The van der Waals surface area contributed by atoms with Gasteiger partial charge in [-0.1, -0.05) is 18.2 Å². The molecule has 0 atom stereocenters. The van der Waals surface area contributed by atoms with Crippen molar-refractivity contribution in [3.05, 3.63) is 64.5 Å². The first kappa shape index (κ1) is 22.0. The van der Waals surface area contributed by atoms with Crippen LogP contribution in [-0.4, -0.2) is 25.8 Å². The van der Waals surface area contributed by atoms with Gasteiger partial charge in [0.1, 0.15) is 11.6 Å². The van der Waals surface area contributed by atoms with Crippen LogP contribution in [0.15, 0.2) is 41.4 Å². The number of nitrogens with zero attached hydrogens (tertiary/aromatic N) is 2. The number of alkyl halides is 3. The maximum atomic E-state index is 14.0. The van der Waals surface area contributed by atoms with Crippen molar-refractivity contribution < 1.29 is 22.3 Å². The van der Waals surface area contributed by atoms with Crippen molar-refractivity contribution in [1.29, 1.82) is 5.26 Å². The molecule has 0 aromatic heterocycles. The molecular formula is C20H20F4N4O. The van der Waals surface area contributed by atoms with Gasteiger partial charge in [-0.05, 0) is 30.7 Å². The van der Waals surface area contributed by atoms with Crippen LogP contribution in [-0.2, 0) is 13.1 Å². The highest BCUT2D eigenvalue weighted by Gasteiger charge is 2.28. The normalized spacial score (nSPS) is 11.7. The van der Waals surface area contributed by atoms with E-state index in [2.05, 4.69) is 15.6 Å². The van der Waals surface area contributed by atoms with Crippen molar-refractivity contribution in [2.24, 2.45) is 4.99 Å². The molecule has 9 heteroatoms. The fourth-order valence-corrected chi connectivity index (χ4v) is 2.44. The number of hydrogen-bond acceptors (Lipinski definition) is 3. The van der Waals surface area contributed by atoms with Gasteiger partial charge in [0.15, 0.2) is 12.6 Å². The molecule has 29 heavy (non-hydrogen) atoms. The van der Waals surface area contributed by atoms with E-state index in [0.717, 1.165) is 11.6 Å². The van der Waals surface area contributed by atoms with Crippen molar-refractivity contribution in [3.8, 4) is 11.8 Å². The van der Waals surface area contributed by atoms with Crippen molar-refractivity contribution in [1.82, 2.24) is 10.6 Å². The highest BCUT2D eigenvalue weighted by Crippen LogP contribution is 2.23. The molecule has 5 nitrogen and oxygen atoms in total. The third-order valence-electron chi connectivity index (χ3n) is 3.91. The standard InChI is InChI=1S/C20H20F4N4O/c1-13-3-5-16(18(7-13)29-12-20(22,23)24)11-28-19(26-2)27-10-15-6-4-14(9-25)8-17(15)21/h3-8H,10-12H2,1-2H3,(H2,26,27,28). The van der Waals surface area contributed by atoms with Gasteiger partial charge in [0.05, 0.1) is 11.6 Å². The minimum absolute atomic E-state index is 0.114. The van der Waals surface area contributed by atoms with Crippen LogP contribution in [0.4, 0.5) is 17.6 Å². The van der Waals surface area contributed by atoms with E-state index < -0.39 is 18.6 Å². The number of halogens is 4. The minimum atomic E-state index is -4.43. The van der Waals surface area contributed by atoms with Crippen molar-refractivity contribution in [3.63, 3.8) is 0 Å². The zero-order valence-corrected chi connectivity index (χ0v) is 15.9. The fraction of sp³-hybridized carbons (Fsp3) is 0.300. The van der Waals surface area contributed by atoms with Crippen LogP contribution in [0.2, 0.25) is 0 Å². The molecule has 0 aliphatic carbocycles. The third-order valence-corrected chi connectivity index (χ3v) is 3.91. The summed E-state index contributed by atoms with van der Waals surface area (Å²) in [6.45, 7) is 0.643. The average Bonchev–Trinajstić information content (AvgIpc) is 2.67. The highest BCUT2D eigenvalue weighted by molar-refractivity contribution is 5.79. The van der Waals surface area contributed by atoms with E-state index in [1.54, 1.807) is 19.1 Å². The zero-order valence-electron chi connectivity index (χ0n) is 15.9. The average molecular weight is 408 g/mol. The summed E-state index contributed by atoms with van der Waals surface area (Å²) in [5.41, 5.74) is 1.85. The summed E-state index contributed by atoms with van der Waals surface area (Å²) in [5.74, 6) is -0.0621. The lowest BCUT2D eigenvalue weighted by Crippen LogP contribution is -2.36. The number of nitrogens with one attached hydrogen (secondary N) is 2. The lowest BCUT2D eigenvalue weighted by molar-refractivity contribution is -0.153. The Morgan fingerprint density at radius 1 is 1.10 bits per heavy atom. The summed E-state index contributed by atoms with van der Waals surface area (Å²) in [5, 5.41) is 14.6. The summed E-state index contributed by atoms with van der Waals surface area (Å²) in [7, 11) is 1.51. The molecule has 0 bridgehead atoms. The Labute approximate surface area is 166 Å². The van der Waals surface area contributed by atoms with Crippen molar-refractivity contribution in [2.45, 2.75) is 26.2 Å². The van der Waals surface area contributed by atoms with Crippen molar-refractivity contribution in [2.75, 3.05) is 13.7 Å². The first-order valence-corrected chi connectivity index (χ1v) is 8.64. The van der Waals surface area contributed by atoms with E-state index in [4.69, 9.17) is 10.00 Å². The topological polar surface area (TPSA) is 69.4 Å². The molecule has 2 rings (SSSR count). The Morgan fingerprint density at radius 3 is 2.34 bits per heavy atom. The maximum absolute atomic E-state index is 14.0. The van der Waals surface area contributed by atoms with E-state index in [0.29, 0.717) is 17.1 Å². The minimum Gasteiger partial charge on any atom is -0.484 e. The van der Waals surface area contributed by atoms with Gasteiger partial charge in [-0.25, -0.2) is 4.39 Å². The van der Waals surface area contributed by atoms with Gasteiger partial charge >= 0.3 is 6.18 Å². The van der Waals surface area contributed by atoms with Gasteiger partial charge in [-0.15, -0.1) is 0 Å². The van der Waals surface area contributed by atoms with E-state index in [1.807, 2.05) is 6.07 Å². The first-order chi connectivity index (χ1) is 13.7. The Bertz CT molecular complexity index is 920. The molecule has 0 saturated carbocycles. The van der Waals surface area contributed by atoms with Crippen LogP contribution in [0, 0.1) is 24.1 Å². The Balaban J connectivity index is 2.00. The molecule has 0 aliphatic heterocycles. The summed E-state index contributed by atoms with van der Waals surface area (Å²) in [6, 6.07) is 11.0. The summed E-state index contributed by atoms with van der Waals surface area (Å²) >= 11 is 0. The zero-order chi connectivity index (χ0) is 21.4. The SMILES string of the molecule is CN=C(NCc1ccc(C#N)cc1F)NCc1ccc(C)cc1OCC(F)(F)F. The highest BCUT2D eigenvalue weighted by atomic mass is 19.4. The predicted octanol–water partition coefficient (Wildman–Crippen LogP) is 3.81. The molecular weight excluding hydrogens is 388 g/mol. The predicted molar refractivity (Wildman–Crippen MR) is 101 cm³/mol. The smallest absolute Gasteiger partial charge is 0.422 e. The lowest BCUT2D eigenvalue weighted by atomic mass is 10.1. The first-order valence-electron chi connectivity index (χ1n) is 8.64. The Hall–Kier alpha value is -3.28. The maximum Gasteiger partial charge on any atom is 0.422 e. The molecule has 154 valence electrons. The van der Waals surface area contributed by atoms with E-state index >= 15 is 0 Å². The summed E-state index contributed by atoms with van der Waals surface area (Å²) in [6.07, 6.45) is -4.43. The quantitative estimate of drug-likeness (QED) is 0.433. The molecule has 0 spiro atoms. The lowest BCUT2D eigenvalue weighted by Gasteiger charge is -2.16. The second-order valence-electron chi connectivity index (χ2n) is 6.21. The molecule has 0 aliphatic rings. The van der Waals surface area contributed by atoms with Crippen LogP contribution < -0.4 is 15.4 Å². The van der Waals surface area contributed by atoms with Gasteiger partial charge in [0.25, 0.3) is 0 Å². The number of aryl methyl sites for hydroxylation is 1. The van der Waals surface area contributed by atoms with E-state index in [1.165, 1.54) is 25.2 Å². The molecule has 0 heterocycles. The monoisotopic (exact) mass is 408 g/mol. The van der Waals surface area contributed by atoms with Gasteiger partial charge in [-0.2, -0.15) is 18.4 Å². The van der Waals surface area contributed by atoms with Crippen LogP contribution in [0.25, 0.3) is 0 Å². The number of benzene rings is 2. The van der Waals surface area contributed by atoms with Crippen LogP contribution in [0.1, 0.15) is 22.3 Å². The Morgan fingerprint density at radius 2 is 1.76 bits per heavy atom. The van der Waals surface area contributed by atoms with Gasteiger partial charge in [0, 0.05) is 31.3 Å². The second kappa shape index (κ2) is 9.78. The molecule has 2 aromatic rings. The van der Waals surface area contributed by atoms with E-state index in [9.17, 15) is 17.6 Å². The molecule has 2 N–H and O–H groups in total. The Kier molecular flexibility index (Phi) is 7.42. The number of nitriles is 1. The molecule has 0 fully saturated rings.